The van der Waals surface area contributed by atoms with Gasteiger partial charge in [-0.25, -0.2) is 9.79 Å². The van der Waals surface area contributed by atoms with Crippen LogP contribution in [0.5, 0.6) is 17.5 Å². The lowest BCUT2D eigenvalue weighted by Crippen LogP contribution is -2.57. The van der Waals surface area contributed by atoms with Crippen molar-refractivity contribution in [2.75, 3.05) is 45.9 Å². The fraction of sp³-hybridized carbons (Fsp3) is 0.500. The Bertz CT molecular complexity index is 1810. The molecular formula is C40H53N7O5. The molecular weight excluding hydrogens is 658 g/mol. The standard InChI is InChI=1S/C40H53N7O5/c1-9-12-35(41-22-27-15-18-30(49-6)21-34(27)50-7)43-36(31-14-11-10-13-26(31)2)45-20-19-32-33(25-45)42-38(51-8)44-37(32)46-23-28-16-17-29(24-46)47(28)39(48)52-40(3,4)5/h10-15,18,21,28-29,41H,9,16-17,19-20,22-25H2,1-8H3/b35-12+,43-36+. The zero-order chi connectivity index (χ0) is 37.0. The topological polar surface area (TPSA) is 114 Å². The van der Waals surface area contributed by atoms with Gasteiger partial charge in [-0.15, -0.1) is 0 Å². The van der Waals surface area contributed by atoms with Gasteiger partial charge in [-0.05, 0) is 77.2 Å². The number of fused-ring (bicyclic) bond motifs is 3. The Hall–Kier alpha value is -5.00. The van der Waals surface area contributed by atoms with E-state index in [4.69, 9.17) is 33.9 Å². The van der Waals surface area contributed by atoms with E-state index in [1.807, 2.05) is 43.9 Å². The van der Waals surface area contributed by atoms with E-state index in [1.54, 1.807) is 21.3 Å². The quantitative estimate of drug-likeness (QED) is 0.191. The van der Waals surface area contributed by atoms with Gasteiger partial charge in [0.1, 0.15) is 34.6 Å². The summed E-state index contributed by atoms with van der Waals surface area (Å²) in [7, 11) is 4.93. The molecule has 1 N–H and O–H groups in total. The van der Waals surface area contributed by atoms with Gasteiger partial charge in [0.25, 0.3) is 0 Å². The van der Waals surface area contributed by atoms with Gasteiger partial charge >= 0.3 is 12.1 Å². The largest absolute Gasteiger partial charge is 0.497 e. The fourth-order valence-electron chi connectivity index (χ4n) is 7.38. The minimum Gasteiger partial charge on any atom is -0.497 e. The summed E-state index contributed by atoms with van der Waals surface area (Å²) in [6, 6.07) is 14.7. The van der Waals surface area contributed by atoms with Gasteiger partial charge in [-0.1, -0.05) is 31.2 Å². The summed E-state index contributed by atoms with van der Waals surface area (Å²) in [5.74, 6) is 4.05. The average molecular weight is 712 g/mol. The molecule has 0 saturated carbocycles. The molecule has 12 heteroatoms. The van der Waals surface area contributed by atoms with Crippen molar-refractivity contribution in [2.45, 2.75) is 91.1 Å². The molecule has 2 atom stereocenters. The van der Waals surface area contributed by atoms with Gasteiger partial charge in [0.05, 0.1) is 45.7 Å². The average Bonchev–Trinajstić information content (AvgIpc) is 3.40. The summed E-state index contributed by atoms with van der Waals surface area (Å²) in [6.45, 7) is 13.2. The molecule has 3 aromatic rings. The summed E-state index contributed by atoms with van der Waals surface area (Å²) < 4.78 is 22.5. The number of ether oxygens (including phenoxy) is 4. The molecule has 0 spiro atoms. The minimum atomic E-state index is -0.535. The van der Waals surface area contributed by atoms with Crippen LogP contribution in [0.1, 0.15) is 74.9 Å². The maximum Gasteiger partial charge on any atom is 0.410 e. The number of hydrogen-bond acceptors (Lipinski definition) is 10. The van der Waals surface area contributed by atoms with E-state index in [2.05, 4.69) is 59.3 Å². The summed E-state index contributed by atoms with van der Waals surface area (Å²) >= 11 is 0. The number of carbonyl (C=O) groups is 1. The highest BCUT2D eigenvalue weighted by molar-refractivity contribution is 6.00. The smallest absolute Gasteiger partial charge is 0.410 e. The summed E-state index contributed by atoms with van der Waals surface area (Å²) in [5, 5.41) is 3.57. The number of amidine groups is 1. The monoisotopic (exact) mass is 711 g/mol. The summed E-state index contributed by atoms with van der Waals surface area (Å²) in [6.07, 6.45) is 5.33. The predicted octanol–water partition coefficient (Wildman–Crippen LogP) is 6.25. The van der Waals surface area contributed by atoms with Gasteiger partial charge in [0.15, 0.2) is 0 Å². The number of aryl methyl sites for hydroxylation is 1. The number of anilines is 1. The van der Waals surface area contributed by atoms with Crippen molar-refractivity contribution >= 4 is 17.7 Å². The minimum absolute atomic E-state index is 0.0687. The maximum atomic E-state index is 13.2. The molecule has 4 heterocycles. The number of carbonyl (C=O) groups excluding carboxylic acids is 1. The number of aliphatic imine (C=N–C) groups is 1. The molecule has 0 aliphatic carbocycles. The van der Waals surface area contributed by atoms with Crippen LogP contribution in [0.15, 0.2) is 59.4 Å². The van der Waals surface area contributed by atoms with Crippen LogP contribution in [-0.4, -0.2) is 90.3 Å². The van der Waals surface area contributed by atoms with E-state index in [-0.39, 0.29) is 18.2 Å². The van der Waals surface area contributed by atoms with Crippen LogP contribution in [0, 0.1) is 6.92 Å². The number of rotatable bonds is 10. The van der Waals surface area contributed by atoms with Crippen LogP contribution in [0.25, 0.3) is 0 Å². The Morgan fingerprint density at radius 3 is 2.42 bits per heavy atom. The zero-order valence-corrected chi connectivity index (χ0v) is 31.9. The summed E-state index contributed by atoms with van der Waals surface area (Å²) in [4.78, 5) is 34.9. The normalized spacial score (nSPS) is 19.0. The highest BCUT2D eigenvalue weighted by Gasteiger charge is 2.45. The third kappa shape index (κ3) is 8.05. The number of amides is 1. The Morgan fingerprint density at radius 2 is 1.77 bits per heavy atom. The molecule has 52 heavy (non-hydrogen) atoms. The fourth-order valence-corrected chi connectivity index (χ4v) is 7.38. The van der Waals surface area contributed by atoms with Gasteiger partial charge < -0.3 is 34.1 Å². The number of hydrogen-bond donors (Lipinski definition) is 1. The molecule has 2 fully saturated rings. The predicted molar refractivity (Wildman–Crippen MR) is 202 cm³/mol. The molecule has 1 aromatic heterocycles. The lowest BCUT2D eigenvalue weighted by Gasteiger charge is -2.43. The number of benzene rings is 2. The molecule has 2 bridgehead atoms. The van der Waals surface area contributed by atoms with Crippen molar-refractivity contribution in [2.24, 2.45) is 4.99 Å². The molecule has 6 rings (SSSR count). The Morgan fingerprint density at radius 1 is 1.02 bits per heavy atom. The molecule has 2 unspecified atom stereocenters. The van der Waals surface area contributed by atoms with E-state index in [9.17, 15) is 4.79 Å². The van der Waals surface area contributed by atoms with Crippen molar-refractivity contribution in [1.29, 1.82) is 0 Å². The van der Waals surface area contributed by atoms with Gasteiger partial charge in [0.2, 0.25) is 0 Å². The SMILES string of the molecule is CC/C=C(/N=C(\c1ccccc1C)N1CCc2c(nc(OC)nc2N2CC3CCC(C2)N3C(=O)OC(C)(C)C)C1)NCc1ccc(OC)cc1OC. The lowest BCUT2D eigenvalue weighted by molar-refractivity contribution is 0.0122. The van der Waals surface area contributed by atoms with Crippen LogP contribution in [0.3, 0.4) is 0 Å². The zero-order valence-electron chi connectivity index (χ0n) is 31.9. The maximum absolute atomic E-state index is 13.2. The van der Waals surface area contributed by atoms with Crippen LogP contribution in [0.4, 0.5) is 10.6 Å². The molecule has 2 aromatic carbocycles. The van der Waals surface area contributed by atoms with Crippen LogP contribution >= 0.6 is 0 Å². The highest BCUT2D eigenvalue weighted by Crippen LogP contribution is 2.37. The summed E-state index contributed by atoms with van der Waals surface area (Å²) in [5.41, 5.74) is 4.72. The molecule has 2 saturated heterocycles. The first kappa shape index (κ1) is 36.8. The first-order chi connectivity index (χ1) is 25.0. The van der Waals surface area contributed by atoms with Crippen molar-refractivity contribution in [3.63, 3.8) is 0 Å². The van der Waals surface area contributed by atoms with E-state index in [1.165, 1.54) is 0 Å². The van der Waals surface area contributed by atoms with Crippen LogP contribution in [0.2, 0.25) is 0 Å². The Balaban J connectivity index is 1.29. The van der Waals surface area contributed by atoms with E-state index >= 15 is 0 Å². The Labute approximate surface area is 307 Å². The Kier molecular flexibility index (Phi) is 11.1. The van der Waals surface area contributed by atoms with Gasteiger partial charge in [-0.3, -0.25) is 4.90 Å². The third-order valence-electron chi connectivity index (χ3n) is 9.85. The van der Waals surface area contributed by atoms with Crippen LogP contribution in [-0.2, 0) is 24.2 Å². The lowest BCUT2D eigenvalue weighted by atomic mass is 10.0. The van der Waals surface area contributed by atoms with E-state index < -0.39 is 5.60 Å². The number of nitrogens with zero attached hydrogens (tertiary/aromatic N) is 6. The first-order valence-corrected chi connectivity index (χ1v) is 18.3. The molecule has 3 aliphatic rings. The van der Waals surface area contributed by atoms with Gasteiger partial charge in [-0.2, -0.15) is 9.97 Å². The molecule has 278 valence electrons. The molecule has 12 nitrogen and oxygen atoms in total. The number of aromatic nitrogens is 2. The molecule has 0 radical (unpaired) electrons. The number of methoxy groups -OCH3 is 3. The molecule has 1 amide bonds. The number of piperazine rings is 1. The second kappa shape index (κ2) is 15.7. The van der Waals surface area contributed by atoms with Crippen LogP contribution < -0.4 is 24.4 Å². The van der Waals surface area contributed by atoms with Crippen molar-refractivity contribution < 1.29 is 23.7 Å². The first-order valence-electron chi connectivity index (χ1n) is 18.3. The van der Waals surface area contributed by atoms with Crippen molar-refractivity contribution in [3.8, 4) is 17.5 Å². The van der Waals surface area contributed by atoms with Crippen molar-refractivity contribution in [1.82, 2.24) is 25.1 Å². The second-order valence-electron chi connectivity index (χ2n) is 14.6. The highest BCUT2D eigenvalue weighted by atomic mass is 16.6. The van der Waals surface area contributed by atoms with E-state index in [0.717, 1.165) is 89.1 Å². The second-order valence-corrected chi connectivity index (χ2v) is 14.6. The van der Waals surface area contributed by atoms with Crippen molar-refractivity contribution in [3.05, 3.63) is 82.3 Å². The number of nitrogens with one attached hydrogen (secondary N) is 1. The third-order valence-corrected chi connectivity index (χ3v) is 9.85. The van der Waals surface area contributed by atoms with E-state index in [0.29, 0.717) is 32.2 Å². The van der Waals surface area contributed by atoms with Gasteiger partial charge in [0, 0.05) is 48.9 Å². The number of allylic oxidation sites excluding steroid dienone is 1. The molecule has 3 aliphatic heterocycles.